The summed E-state index contributed by atoms with van der Waals surface area (Å²) in [7, 11) is 3.56. The maximum Gasteiger partial charge on any atom is 0.246 e. The Hall–Kier alpha value is -4.87. The molecule has 0 saturated heterocycles. The molecule has 9 nitrogen and oxygen atoms in total. The van der Waals surface area contributed by atoms with Crippen molar-refractivity contribution in [3.8, 4) is 39.5 Å². The van der Waals surface area contributed by atoms with Gasteiger partial charge in [0, 0.05) is 37.2 Å². The summed E-state index contributed by atoms with van der Waals surface area (Å²) in [5.74, 6) is -0.173. The summed E-state index contributed by atoms with van der Waals surface area (Å²) in [6, 6.07) is 14.6. The van der Waals surface area contributed by atoms with Crippen LogP contribution < -0.4 is 4.74 Å². The van der Waals surface area contributed by atoms with Gasteiger partial charge in [-0.1, -0.05) is 18.7 Å². The molecular weight excluding hydrogens is 603 g/mol. The molecule has 6 aromatic rings. The highest BCUT2D eigenvalue weighted by Gasteiger charge is 2.34. The molecule has 46 heavy (non-hydrogen) atoms. The number of aryl methyl sites for hydroxylation is 1. The van der Waals surface area contributed by atoms with Crippen LogP contribution in [0.15, 0.2) is 72.9 Å². The largest absolute Gasteiger partial charge is 0.490 e. The molecular formula is C35H33FN6O3S. The number of rotatable bonds is 8. The maximum absolute atomic E-state index is 16.1. The van der Waals surface area contributed by atoms with Crippen molar-refractivity contribution in [3.63, 3.8) is 0 Å². The van der Waals surface area contributed by atoms with Crippen LogP contribution in [0.2, 0.25) is 0 Å². The molecule has 0 fully saturated rings. The van der Waals surface area contributed by atoms with E-state index < -0.39 is 5.82 Å². The van der Waals surface area contributed by atoms with E-state index in [0.717, 1.165) is 38.1 Å². The van der Waals surface area contributed by atoms with Crippen LogP contribution >= 0.6 is 11.3 Å². The first-order valence-corrected chi connectivity index (χ1v) is 15.9. The second-order valence-corrected chi connectivity index (χ2v) is 12.4. The Morgan fingerprint density at radius 2 is 1.98 bits per heavy atom. The Labute approximate surface area is 269 Å². The molecule has 1 aliphatic heterocycles. The zero-order chi connectivity index (χ0) is 32.1. The average Bonchev–Trinajstić information content (AvgIpc) is 3.81. The highest BCUT2D eigenvalue weighted by molar-refractivity contribution is 7.17. The Kier molecular flexibility index (Phi) is 7.66. The SMILES string of the molecule is C=CC(=O)N1C[C@H](C)n2nc(-c3nc(-c4ccc5c(c4)ncn5C)c4sccc4c3-c3c(F)cccc3OCCOC)cc2[C@H]1C. The third kappa shape index (κ3) is 4.87. The first kappa shape index (κ1) is 29.8. The lowest BCUT2D eigenvalue weighted by molar-refractivity contribution is -0.129. The summed E-state index contributed by atoms with van der Waals surface area (Å²) < 4.78 is 32.2. The lowest BCUT2D eigenvalue weighted by atomic mass is 9.95. The zero-order valence-corrected chi connectivity index (χ0v) is 26.8. The van der Waals surface area contributed by atoms with Gasteiger partial charge in [-0.15, -0.1) is 11.3 Å². The predicted octanol–water partition coefficient (Wildman–Crippen LogP) is 7.20. The number of amides is 1. The number of nitrogens with zero attached hydrogens (tertiary/aromatic N) is 6. The van der Waals surface area contributed by atoms with Gasteiger partial charge in [-0.2, -0.15) is 5.10 Å². The van der Waals surface area contributed by atoms with Gasteiger partial charge >= 0.3 is 0 Å². The fourth-order valence-electron chi connectivity index (χ4n) is 6.32. The van der Waals surface area contributed by atoms with E-state index in [1.807, 2.05) is 65.9 Å². The number of hydrogen-bond acceptors (Lipinski definition) is 7. The fourth-order valence-corrected chi connectivity index (χ4v) is 7.24. The fraction of sp³-hybridized carbons (Fsp3) is 0.257. The van der Waals surface area contributed by atoms with Gasteiger partial charge in [0.05, 0.1) is 57.7 Å². The molecule has 5 heterocycles. The van der Waals surface area contributed by atoms with Crippen LogP contribution in [0, 0.1) is 5.82 Å². The molecule has 2 aromatic carbocycles. The highest BCUT2D eigenvalue weighted by Crippen LogP contribution is 2.47. The smallest absolute Gasteiger partial charge is 0.246 e. The number of ether oxygens (including phenoxy) is 2. The van der Waals surface area contributed by atoms with E-state index in [0.29, 0.717) is 41.4 Å². The number of pyridine rings is 1. The van der Waals surface area contributed by atoms with Crippen LogP contribution in [-0.4, -0.2) is 62.0 Å². The van der Waals surface area contributed by atoms with Crippen molar-refractivity contribution < 1.29 is 18.7 Å². The topological polar surface area (TPSA) is 87.3 Å². The van der Waals surface area contributed by atoms with Gasteiger partial charge in [0.1, 0.15) is 29.6 Å². The molecule has 0 N–H and O–H groups in total. The van der Waals surface area contributed by atoms with Gasteiger partial charge in [-0.25, -0.2) is 14.4 Å². The van der Waals surface area contributed by atoms with Crippen molar-refractivity contribution in [1.29, 1.82) is 0 Å². The van der Waals surface area contributed by atoms with Crippen LogP contribution in [0.1, 0.15) is 31.6 Å². The Balaban J connectivity index is 1.50. The van der Waals surface area contributed by atoms with Crippen molar-refractivity contribution in [2.75, 3.05) is 26.9 Å². The van der Waals surface area contributed by atoms with E-state index in [4.69, 9.17) is 19.6 Å². The summed E-state index contributed by atoms with van der Waals surface area (Å²) >= 11 is 1.55. The van der Waals surface area contributed by atoms with Crippen LogP contribution in [0.5, 0.6) is 5.75 Å². The zero-order valence-electron chi connectivity index (χ0n) is 26.0. The van der Waals surface area contributed by atoms with Crippen molar-refractivity contribution in [3.05, 3.63) is 84.4 Å². The minimum absolute atomic E-state index is 0.0930. The molecule has 0 bridgehead atoms. The number of benzene rings is 2. The van der Waals surface area contributed by atoms with Crippen molar-refractivity contribution >= 4 is 38.4 Å². The van der Waals surface area contributed by atoms with Crippen LogP contribution in [-0.2, 0) is 16.6 Å². The summed E-state index contributed by atoms with van der Waals surface area (Å²) in [4.78, 5) is 24.4. The van der Waals surface area contributed by atoms with Gasteiger partial charge in [-0.05, 0) is 61.7 Å². The molecule has 1 amide bonds. The molecule has 0 unspecified atom stereocenters. The van der Waals surface area contributed by atoms with Gasteiger partial charge in [0.15, 0.2) is 0 Å². The minimum Gasteiger partial charge on any atom is -0.490 e. The summed E-state index contributed by atoms with van der Waals surface area (Å²) in [5.41, 5.74) is 6.38. The number of thiophene rings is 1. The summed E-state index contributed by atoms with van der Waals surface area (Å²) in [6.07, 6.45) is 3.13. The van der Waals surface area contributed by atoms with Gasteiger partial charge in [0.25, 0.3) is 0 Å². The van der Waals surface area contributed by atoms with E-state index in [1.54, 1.807) is 41.8 Å². The van der Waals surface area contributed by atoms with Crippen molar-refractivity contribution in [1.82, 2.24) is 29.2 Å². The highest BCUT2D eigenvalue weighted by atomic mass is 32.1. The molecule has 7 rings (SSSR count). The average molecular weight is 637 g/mol. The number of methoxy groups -OCH3 is 1. The second-order valence-electron chi connectivity index (χ2n) is 11.5. The number of hydrogen-bond donors (Lipinski definition) is 0. The second kappa shape index (κ2) is 11.8. The van der Waals surface area contributed by atoms with Crippen LogP contribution in [0.4, 0.5) is 4.39 Å². The molecule has 0 spiro atoms. The number of fused-ring (bicyclic) bond motifs is 3. The Morgan fingerprint density at radius 1 is 1.13 bits per heavy atom. The minimum atomic E-state index is -0.429. The molecule has 2 atom stereocenters. The number of halogens is 1. The number of carbonyl (C=O) groups excluding carboxylic acids is 1. The Bertz CT molecular complexity index is 2130. The molecule has 1 aliphatic rings. The lowest BCUT2D eigenvalue weighted by Crippen LogP contribution is -2.42. The standard InChI is InChI=1S/C35H33FN6O3S/c1-6-30(43)41-18-20(2)42-28(21(41)3)17-26(39-42)34-31(32-24(36)8-7-9-29(32)45-14-13-44-5)23-12-15-46-35(23)33(38-34)22-10-11-27-25(16-22)37-19-40(27)4/h6-12,15-17,19-21H,1,13-14,18H2,2-5H3/t20-,21+/m0/s1. The number of carbonyl (C=O) groups is 1. The van der Waals surface area contributed by atoms with E-state index in [9.17, 15) is 4.79 Å². The summed E-state index contributed by atoms with van der Waals surface area (Å²) in [5, 5.41) is 7.90. The van der Waals surface area contributed by atoms with Gasteiger partial charge < -0.3 is 18.9 Å². The lowest BCUT2D eigenvalue weighted by Gasteiger charge is -2.36. The van der Waals surface area contributed by atoms with E-state index in [1.165, 1.54) is 12.1 Å². The van der Waals surface area contributed by atoms with Gasteiger partial charge in [-0.3, -0.25) is 9.48 Å². The first-order valence-electron chi connectivity index (χ1n) is 15.1. The molecule has 0 aliphatic carbocycles. The van der Waals surface area contributed by atoms with Crippen LogP contribution in [0.25, 0.3) is 54.9 Å². The molecule has 11 heteroatoms. The van der Waals surface area contributed by atoms with E-state index >= 15 is 4.39 Å². The first-order chi connectivity index (χ1) is 22.3. The van der Waals surface area contributed by atoms with Crippen molar-refractivity contribution in [2.24, 2.45) is 7.05 Å². The Morgan fingerprint density at radius 3 is 2.78 bits per heavy atom. The monoisotopic (exact) mass is 636 g/mol. The number of imidazole rings is 1. The third-order valence-corrected chi connectivity index (χ3v) is 9.54. The molecule has 0 saturated carbocycles. The number of aromatic nitrogens is 5. The molecule has 4 aromatic heterocycles. The quantitative estimate of drug-likeness (QED) is 0.130. The van der Waals surface area contributed by atoms with Crippen LogP contribution in [0.3, 0.4) is 0 Å². The molecule has 0 radical (unpaired) electrons. The van der Waals surface area contributed by atoms with Gasteiger partial charge in [0.2, 0.25) is 5.91 Å². The normalized spacial score (nSPS) is 16.2. The van der Waals surface area contributed by atoms with E-state index in [-0.39, 0.29) is 24.6 Å². The third-order valence-electron chi connectivity index (χ3n) is 8.62. The van der Waals surface area contributed by atoms with Crippen molar-refractivity contribution in [2.45, 2.75) is 25.9 Å². The maximum atomic E-state index is 16.1. The molecule has 234 valence electrons. The predicted molar refractivity (Wildman–Crippen MR) is 178 cm³/mol. The summed E-state index contributed by atoms with van der Waals surface area (Å²) in [6.45, 7) is 8.80. The van der Waals surface area contributed by atoms with E-state index in [2.05, 4.69) is 11.6 Å².